The maximum Gasteiger partial charge on any atom is 0.280 e. The van der Waals surface area contributed by atoms with Crippen LogP contribution in [0.2, 0.25) is 0 Å². The lowest BCUT2D eigenvalue weighted by atomic mass is 10.1. The molecule has 0 saturated carbocycles. The fraction of sp³-hybridized carbons (Fsp3) is 0.250. The Kier molecular flexibility index (Phi) is 5.19. The number of hydrogen-bond donors (Lipinski definition) is 1. The molecule has 9 heteroatoms. The summed E-state index contributed by atoms with van der Waals surface area (Å²) in [5.41, 5.74) is 1.11. The van der Waals surface area contributed by atoms with Gasteiger partial charge in [-0.05, 0) is 36.3 Å². The fourth-order valence-electron chi connectivity index (χ4n) is 3.04. The first-order valence-corrected chi connectivity index (χ1v) is 9.02. The Balaban J connectivity index is 1.35. The van der Waals surface area contributed by atoms with Crippen LogP contribution in [0.4, 0.5) is 5.69 Å². The van der Waals surface area contributed by atoms with Gasteiger partial charge in [0.05, 0.1) is 16.6 Å². The van der Waals surface area contributed by atoms with E-state index in [0.717, 1.165) is 11.3 Å². The molecule has 0 spiro atoms. The molecule has 0 fully saturated rings. The number of nitrogens with zero attached hydrogens (tertiary/aromatic N) is 1. The van der Waals surface area contributed by atoms with Crippen molar-refractivity contribution >= 4 is 17.7 Å². The van der Waals surface area contributed by atoms with Crippen molar-refractivity contribution < 1.29 is 28.7 Å². The third-order valence-electron chi connectivity index (χ3n) is 4.45. The zero-order chi connectivity index (χ0) is 20.2. The van der Waals surface area contributed by atoms with Crippen molar-refractivity contribution in [3.63, 3.8) is 0 Å². The topological polar surface area (TPSA) is 109 Å². The Morgan fingerprint density at radius 1 is 1.03 bits per heavy atom. The predicted molar refractivity (Wildman–Crippen MR) is 102 cm³/mol. The number of carbonyl (C=O) groups is 1. The Morgan fingerprint density at radius 3 is 2.55 bits per heavy atom. The van der Waals surface area contributed by atoms with E-state index >= 15 is 0 Å². The first-order valence-electron chi connectivity index (χ1n) is 9.02. The van der Waals surface area contributed by atoms with Crippen molar-refractivity contribution in [1.29, 1.82) is 0 Å². The fourth-order valence-corrected chi connectivity index (χ4v) is 3.04. The molecule has 0 radical (unpaired) electrons. The minimum Gasteiger partial charge on any atom is -0.486 e. The average molecular weight is 398 g/mol. The molecule has 150 valence electrons. The van der Waals surface area contributed by atoms with E-state index in [1.807, 2.05) is 18.2 Å². The van der Waals surface area contributed by atoms with Gasteiger partial charge in [-0.2, -0.15) is 0 Å². The summed E-state index contributed by atoms with van der Waals surface area (Å²) < 4.78 is 21.4. The van der Waals surface area contributed by atoms with E-state index in [1.54, 1.807) is 0 Å². The van der Waals surface area contributed by atoms with E-state index < -0.39 is 4.92 Å². The van der Waals surface area contributed by atoms with Crippen LogP contribution in [0.5, 0.6) is 23.0 Å². The van der Waals surface area contributed by atoms with Crippen LogP contribution in [-0.2, 0) is 11.2 Å². The zero-order valence-electron chi connectivity index (χ0n) is 15.4. The normalized spacial score (nSPS) is 14.1. The smallest absolute Gasteiger partial charge is 0.280 e. The standard InChI is InChI=1S/C20H18N2O7/c23-20(21-6-5-13-1-3-16-17(9-13)27-8-7-26-16)4-2-14-10-18-19(29-12-28-18)11-15(14)22(24)25/h1-4,9-11H,5-8,12H2,(H,21,23). The van der Waals surface area contributed by atoms with Gasteiger partial charge in [-0.25, -0.2) is 0 Å². The molecule has 2 aliphatic rings. The van der Waals surface area contributed by atoms with E-state index in [4.69, 9.17) is 18.9 Å². The van der Waals surface area contributed by atoms with Crippen molar-refractivity contribution in [1.82, 2.24) is 5.32 Å². The number of amides is 1. The number of rotatable bonds is 6. The number of ether oxygens (including phenoxy) is 4. The summed E-state index contributed by atoms with van der Waals surface area (Å²) in [6.07, 6.45) is 3.26. The summed E-state index contributed by atoms with van der Waals surface area (Å²) >= 11 is 0. The minimum atomic E-state index is -0.526. The number of nitro groups is 1. The Bertz CT molecular complexity index is 987. The lowest BCUT2D eigenvalue weighted by Gasteiger charge is -2.18. The molecule has 2 heterocycles. The summed E-state index contributed by atoms with van der Waals surface area (Å²) in [7, 11) is 0. The lowest BCUT2D eigenvalue weighted by molar-refractivity contribution is -0.385. The summed E-state index contributed by atoms with van der Waals surface area (Å²) in [5, 5.41) is 14.0. The van der Waals surface area contributed by atoms with Gasteiger partial charge in [-0.15, -0.1) is 0 Å². The molecule has 2 aliphatic heterocycles. The van der Waals surface area contributed by atoms with Gasteiger partial charge in [0.2, 0.25) is 12.7 Å². The highest BCUT2D eigenvalue weighted by Gasteiger charge is 2.22. The molecule has 4 rings (SSSR count). The van der Waals surface area contributed by atoms with E-state index in [-0.39, 0.29) is 24.0 Å². The van der Waals surface area contributed by atoms with Gasteiger partial charge in [0, 0.05) is 12.6 Å². The van der Waals surface area contributed by atoms with Crippen LogP contribution in [0, 0.1) is 10.1 Å². The highest BCUT2D eigenvalue weighted by molar-refractivity contribution is 5.92. The van der Waals surface area contributed by atoms with E-state index in [2.05, 4.69) is 5.32 Å². The molecule has 2 aromatic carbocycles. The molecular weight excluding hydrogens is 380 g/mol. The number of fused-ring (bicyclic) bond motifs is 2. The van der Waals surface area contributed by atoms with Gasteiger partial charge in [0.1, 0.15) is 13.2 Å². The molecule has 0 atom stereocenters. The van der Waals surface area contributed by atoms with Crippen LogP contribution in [0.15, 0.2) is 36.4 Å². The molecule has 1 amide bonds. The largest absolute Gasteiger partial charge is 0.486 e. The maximum atomic E-state index is 12.1. The van der Waals surface area contributed by atoms with Crippen molar-refractivity contribution in [3.05, 3.63) is 57.6 Å². The molecule has 2 aromatic rings. The van der Waals surface area contributed by atoms with Crippen LogP contribution in [0.3, 0.4) is 0 Å². The van der Waals surface area contributed by atoms with Gasteiger partial charge in [-0.3, -0.25) is 14.9 Å². The highest BCUT2D eigenvalue weighted by atomic mass is 16.7. The number of carbonyl (C=O) groups excluding carboxylic acids is 1. The summed E-state index contributed by atoms with van der Waals surface area (Å²) in [5.74, 6) is 1.80. The van der Waals surface area contributed by atoms with Crippen molar-refractivity contribution in [2.24, 2.45) is 0 Å². The third kappa shape index (κ3) is 4.23. The van der Waals surface area contributed by atoms with Crippen LogP contribution < -0.4 is 24.3 Å². The van der Waals surface area contributed by atoms with Gasteiger partial charge in [0.15, 0.2) is 23.0 Å². The van der Waals surface area contributed by atoms with Crippen LogP contribution >= 0.6 is 0 Å². The second-order valence-corrected chi connectivity index (χ2v) is 6.37. The minimum absolute atomic E-state index is 0.0139. The molecule has 0 bridgehead atoms. The molecule has 29 heavy (non-hydrogen) atoms. The molecule has 0 aromatic heterocycles. The van der Waals surface area contributed by atoms with Crippen LogP contribution in [0.1, 0.15) is 11.1 Å². The van der Waals surface area contributed by atoms with E-state index in [1.165, 1.54) is 24.3 Å². The van der Waals surface area contributed by atoms with Crippen LogP contribution in [-0.4, -0.2) is 37.4 Å². The molecule has 9 nitrogen and oxygen atoms in total. The molecule has 0 unspecified atom stereocenters. The number of nitrogens with one attached hydrogen (secondary N) is 1. The Hall–Kier alpha value is -3.75. The monoisotopic (exact) mass is 398 g/mol. The van der Waals surface area contributed by atoms with E-state index in [0.29, 0.717) is 43.4 Å². The summed E-state index contributed by atoms with van der Waals surface area (Å²) in [6.45, 7) is 1.48. The quantitative estimate of drug-likeness (QED) is 0.452. The number of nitro benzene ring substituents is 1. The average Bonchev–Trinajstić information content (AvgIpc) is 3.19. The lowest BCUT2D eigenvalue weighted by Crippen LogP contribution is -2.23. The second-order valence-electron chi connectivity index (χ2n) is 6.37. The van der Waals surface area contributed by atoms with Crippen molar-refractivity contribution in [2.45, 2.75) is 6.42 Å². The van der Waals surface area contributed by atoms with Crippen molar-refractivity contribution in [2.75, 3.05) is 26.6 Å². The summed E-state index contributed by atoms with van der Waals surface area (Å²) in [4.78, 5) is 22.8. The first-order chi connectivity index (χ1) is 14.1. The number of benzene rings is 2. The third-order valence-corrected chi connectivity index (χ3v) is 4.45. The van der Waals surface area contributed by atoms with Gasteiger partial charge < -0.3 is 24.3 Å². The van der Waals surface area contributed by atoms with E-state index in [9.17, 15) is 14.9 Å². The highest BCUT2D eigenvalue weighted by Crippen LogP contribution is 2.38. The molecular formula is C20H18N2O7. The molecule has 0 aliphatic carbocycles. The van der Waals surface area contributed by atoms with Crippen molar-refractivity contribution in [3.8, 4) is 23.0 Å². The SMILES string of the molecule is O=C(C=Cc1cc2c(cc1[N+](=O)[O-])OCO2)NCCc1ccc2c(c1)OCCO2. The molecule has 1 N–H and O–H groups in total. The maximum absolute atomic E-state index is 12.1. The Labute approximate surface area is 166 Å². The predicted octanol–water partition coefficient (Wildman–Crippen LogP) is 2.47. The summed E-state index contributed by atoms with van der Waals surface area (Å²) in [6, 6.07) is 8.45. The molecule has 0 saturated heterocycles. The van der Waals surface area contributed by atoms with Gasteiger partial charge >= 0.3 is 0 Å². The Morgan fingerprint density at radius 2 is 1.76 bits per heavy atom. The van der Waals surface area contributed by atoms with Gasteiger partial charge in [-0.1, -0.05) is 6.07 Å². The first kappa shape index (κ1) is 18.6. The van der Waals surface area contributed by atoms with Crippen LogP contribution in [0.25, 0.3) is 6.08 Å². The number of hydrogen-bond acceptors (Lipinski definition) is 7. The van der Waals surface area contributed by atoms with Gasteiger partial charge in [0.25, 0.3) is 5.69 Å². The zero-order valence-corrected chi connectivity index (χ0v) is 15.4. The second kappa shape index (κ2) is 8.09.